The quantitative estimate of drug-likeness (QED) is 0.400. The van der Waals surface area contributed by atoms with Crippen LogP contribution >= 0.6 is 7.82 Å². The van der Waals surface area contributed by atoms with Crippen molar-refractivity contribution in [1.82, 2.24) is 0 Å². The van der Waals surface area contributed by atoms with Crippen LogP contribution in [-0.2, 0) is 13.9 Å². The van der Waals surface area contributed by atoms with Gasteiger partial charge in [-0.1, -0.05) is 20.8 Å². The Morgan fingerprint density at radius 1 is 1.12 bits per heavy atom. The number of carbonyl (C=O) groups is 1. The van der Waals surface area contributed by atoms with E-state index in [0.717, 1.165) is 38.5 Å². The van der Waals surface area contributed by atoms with Crippen molar-refractivity contribution >= 4 is 13.8 Å². The minimum atomic E-state index is -4.63. The van der Waals surface area contributed by atoms with Gasteiger partial charge in [-0.05, 0) is 105 Å². The van der Waals surface area contributed by atoms with Crippen LogP contribution in [0.25, 0.3) is 0 Å². The van der Waals surface area contributed by atoms with Gasteiger partial charge in [0.05, 0.1) is 12.2 Å². The largest absolute Gasteiger partial charge is 0.481 e. The van der Waals surface area contributed by atoms with E-state index >= 15 is 0 Å². The van der Waals surface area contributed by atoms with Crippen LogP contribution in [0.3, 0.4) is 0 Å². The summed E-state index contributed by atoms with van der Waals surface area (Å²) in [5.74, 6) is 1.08. The summed E-state index contributed by atoms with van der Waals surface area (Å²) in [7, 11) is -4.63. The number of rotatable bonds is 6. The first kappa shape index (κ1) is 26.2. The van der Waals surface area contributed by atoms with E-state index in [0.29, 0.717) is 55.3 Å². The molecule has 0 radical (unpaired) electrons. The van der Waals surface area contributed by atoms with Crippen LogP contribution in [0.2, 0.25) is 0 Å². The molecule has 32 heavy (non-hydrogen) atoms. The van der Waals surface area contributed by atoms with Crippen molar-refractivity contribution in [3.05, 3.63) is 0 Å². The van der Waals surface area contributed by atoms with E-state index in [1.807, 2.05) is 0 Å². The lowest BCUT2D eigenvalue weighted by Gasteiger charge is -2.53. The second-order valence-corrected chi connectivity index (χ2v) is 12.5. The van der Waals surface area contributed by atoms with E-state index in [4.69, 9.17) is 9.63 Å². The molecule has 3 aliphatic rings. The van der Waals surface area contributed by atoms with E-state index in [-0.39, 0.29) is 23.9 Å². The van der Waals surface area contributed by atoms with Gasteiger partial charge in [0, 0.05) is 6.42 Å². The van der Waals surface area contributed by atoms with Gasteiger partial charge >= 0.3 is 13.8 Å². The molecule has 0 spiro atoms. The number of phosphoric acid groups is 1. The molecule has 0 aromatic rings. The second kappa shape index (κ2) is 10.4. The zero-order chi connectivity index (χ0) is 23.7. The Hall–Kier alpha value is -0.460. The van der Waals surface area contributed by atoms with Crippen LogP contribution in [0, 0.1) is 40.9 Å². The minimum Gasteiger partial charge on any atom is -0.481 e. The molecule has 8 heteroatoms. The third-order valence-electron chi connectivity index (χ3n) is 9.37. The van der Waals surface area contributed by atoms with Crippen molar-refractivity contribution in [1.29, 1.82) is 0 Å². The van der Waals surface area contributed by atoms with E-state index in [2.05, 4.69) is 20.8 Å². The second-order valence-electron chi connectivity index (χ2n) is 11.3. The highest BCUT2D eigenvalue weighted by molar-refractivity contribution is 7.46. The number of carboxylic acid groups (broad SMARTS) is 1. The van der Waals surface area contributed by atoms with Crippen molar-refractivity contribution in [2.75, 3.05) is 0 Å². The zero-order valence-corrected chi connectivity index (χ0v) is 20.8. The van der Waals surface area contributed by atoms with Gasteiger partial charge < -0.3 is 20.0 Å². The molecular formula is C24H43O7P. The van der Waals surface area contributed by atoms with Crippen molar-refractivity contribution in [3.8, 4) is 0 Å². The maximum absolute atomic E-state index is 11.9. The van der Waals surface area contributed by atoms with Gasteiger partial charge in [0.15, 0.2) is 0 Å². The Kier molecular flexibility index (Phi) is 8.53. The highest BCUT2D eigenvalue weighted by Gasteiger charge is 2.57. The van der Waals surface area contributed by atoms with Gasteiger partial charge in [-0.25, -0.2) is 4.57 Å². The molecule has 3 saturated carbocycles. The van der Waals surface area contributed by atoms with E-state index in [9.17, 15) is 24.3 Å². The van der Waals surface area contributed by atoms with E-state index in [1.54, 1.807) is 0 Å². The van der Waals surface area contributed by atoms with Crippen LogP contribution < -0.4 is 0 Å². The molecule has 7 nitrogen and oxygen atoms in total. The van der Waals surface area contributed by atoms with Gasteiger partial charge in [-0.15, -0.1) is 0 Å². The normalized spacial score (nSPS) is 42.0. The summed E-state index contributed by atoms with van der Waals surface area (Å²) in [4.78, 5) is 30.6. The standard InChI is InChI=1S/C24H43O7P/c1-15-7-9-17(25)5-4-6-21(31-32(28,29)30)23-18(15)13-14-24(3)19(10-11-20(23)24)16(2)8-12-22(26)27/h15-21,23,25H,4-14H2,1-3H3,(H,26,27)(H2,28,29,30)/t15?,16-,17+,18-,19?,20+,21?,23?,24?/m1/s1. The molecule has 0 bridgehead atoms. The molecule has 186 valence electrons. The molecule has 0 aromatic heterocycles. The fraction of sp³-hybridized carbons (Fsp3) is 0.958. The summed E-state index contributed by atoms with van der Waals surface area (Å²) in [5, 5.41) is 19.5. The Bertz CT molecular complexity index is 694. The number of carboxylic acids is 1. The van der Waals surface area contributed by atoms with Gasteiger partial charge in [0.1, 0.15) is 0 Å². The third-order valence-corrected chi connectivity index (χ3v) is 9.92. The fourth-order valence-electron chi connectivity index (χ4n) is 7.81. The van der Waals surface area contributed by atoms with Crippen LogP contribution in [0.15, 0.2) is 0 Å². The number of hydrogen-bond donors (Lipinski definition) is 4. The van der Waals surface area contributed by atoms with Crippen LogP contribution in [0.4, 0.5) is 0 Å². The topological polar surface area (TPSA) is 124 Å². The number of aliphatic hydroxyl groups is 1. The maximum atomic E-state index is 11.9. The predicted molar refractivity (Wildman–Crippen MR) is 122 cm³/mol. The Morgan fingerprint density at radius 2 is 1.84 bits per heavy atom. The Balaban J connectivity index is 1.90. The van der Waals surface area contributed by atoms with Gasteiger partial charge in [-0.2, -0.15) is 0 Å². The third kappa shape index (κ3) is 5.96. The highest BCUT2D eigenvalue weighted by atomic mass is 31.2. The van der Waals surface area contributed by atoms with Crippen LogP contribution in [-0.4, -0.2) is 38.2 Å². The molecule has 3 rings (SSSR count). The molecule has 0 saturated heterocycles. The van der Waals surface area contributed by atoms with E-state index < -0.39 is 19.9 Å². The van der Waals surface area contributed by atoms with Crippen molar-refractivity contribution in [3.63, 3.8) is 0 Å². The van der Waals surface area contributed by atoms with Crippen LogP contribution in [0.1, 0.15) is 91.4 Å². The summed E-state index contributed by atoms with van der Waals surface area (Å²) in [5.41, 5.74) is 0.0406. The molecule has 3 fully saturated rings. The molecule has 0 aromatic carbocycles. The number of aliphatic carboxylic acids is 1. The van der Waals surface area contributed by atoms with Crippen LogP contribution in [0.5, 0.6) is 0 Å². The lowest BCUT2D eigenvalue weighted by Crippen LogP contribution is -2.49. The first-order valence-electron chi connectivity index (χ1n) is 12.6. The SMILES string of the molecule is CC1CC[C@@H](O)CCCC(OP(=O)(O)O)C2[C@@H]1CCC1(C)C([C@H](C)CCC(=O)O)CC[C@@H]21. The lowest BCUT2D eigenvalue weighted by molar-refractivity contribution is -0.137. The molecular weight excluding hydrogens is 431 g/mol. The van der Waals surface area contributed by atoms with Gasteiger partial charge in [0.2, 0.25) is 0 Å². The Morgan fingerprint density at radius 3 is 2.50 bits per heavy atom. The average Bonchev–Trinajstić information content (AvgIpc) is 3.04. The monoisotopic (exact) mass is 474 g/mol. The van der Waals surface area contributed by atoms with Crippen molar-refractivity contribution < 1.29 is 33.9 Å². The molecule has 0 amide bonds. The molecule has 3 aliphatic carbocycles. The molecule has 0 heterocycles. The molecule has 9 atom stereocenters. The smallest absolute Gasteiger partial charge is 0.469 e. The first-order valence-corrected chi connectivity index (χ1v) is 14.1. The molecule has 4 N–H and O–H groups in total. The number of fused-ring (bicyclic) bond motifs is 3. The number of phosphoric ester groups is 1. The predicted octanol–water partition coefficient (Wildman–Crippen LogP) is 4.99. The average molecular weight is 475 g/mol. The fourth-order valence-corrected chi connectivity index (χ4v) is 8.41. The zero-order valence-electron chi connectivity index (χ0n) is 19.9. The van der Waals surface area contributed by atoms with E-state index in [1.165, 1.54) is 0 Å². The van der Waals surface area contributed by atoms with Crippen molar-refractivity contribution in [2.24, 2.45) is 40.9 Å². The summed E-state index contributed by atoms with van der Waals surface area (Å²) in [6, 6.07) is 0. The van der Waals surface area contributed by atoms with Gasteiger partial charge in [-0.3, -0.25) is 9.32 Å². The van der Waals surface area contributed by atoms with Gasteiger partial charge in [0.25, 0.3) is 0 Å². The number of hydrogen-bond acceptors (Lipinski definition) is 4. The summed E-state index contributed by atoms with van der Waals surface area (Å²) in [6.45, 7) is 6.74. The summed E-state index contributed by atoms with van der Waals surface area (Å²) >= 11 is 0. The molecule has 5 unspecified atom stereocenters. The Labute approximate surface area is 192 Å². The highest BCUT2D eigenvalue weighted by Crippen LogP contribution is 2.64. The maximum Gasteiger partial charge on any atom is 0.469 e. The number of aliphatic hydroxyl groups excluding tert-OH is 1. The lowest BCUT2D eigenvalue weighted by atomic mass is 9.53. The summed E-state index contributed by atoms with van der Waals surface area (Å²) < 4.78 is 17.4. The van der Waals surface area contributed by atoms with Crippen molar-refractivity contribution in [2.45, 2.75) is 104 Å². The summed E-state index contributed by atoms with van der Waals surface area (Å²) in [6.07, 6.45) is 7.72. The molecule has 0 aliphatic heterocycles. The first-order chi connectivity index (χ1) is 14.9. The minimum absolute atomic E-state index is 0.0406.